The van der Waals surface area contributed by atoms with Gasteiger partial charge in [0, 0.05) is 18.9 Å². The minimum Gasteiger partial charge on any atom is -0.481 e. The third-order valence-electron chi connectivity index (χ3n) is 5.14. The summed E-state index contributed by atoms with van der Waals surface area (Å²) in [6.07, 6.45) is 12.7. The van der Waals surface area contributed by atoms with Crippen molar-refractivity contribution in [3.8, 4) is 0 Å². The van der Waals surface area contributed by atoms with Crippen molar-refractivity contribution in [2.75, 3.05) is 19.8 Å². The van der Waals surface area contributed by atoms with Gasteiger partial charge >= 0.3 is 5.97 Å². The van der Waals surface area contributed by atoms with Gasteiger partial charge in [0.2, 0.25) is 0 Å². The summed E-state index contributed by atoms with van der Waals surface area (Å²) in [5.41, 5.74) is 0. The molecule has 1 aliphatic carbocycles. The van der Waals surface area contributed by atoms with Crippen LogP contribution in [0.2, 0.25) is 0 Å². The molecule has 4 nitrogen and oxygen atoms in total. The van der Waals surface area contributed by atoms with Gasteiger partial charge in [-0.05, 0) is 31.6 Å². The third kappa shape index (κ3) is 6.66. The van der Waals surface area contributed by atoms with Gasteiger partial charge in [0.1, 0.15) is 0 Å². The predicted octanol–water partition coefficient (Wildman–Crippen LogP) is 4.02. The highest BCUT2D eigenvalue weighted by Crippen LogP contribution is 2.28. The molecule has 4 heteroatoms. The van der Waals surface area contributed by atoms with Gasteiger partial charge in [-0.15, -0.1) is 0 Å². The number of carbonyl (C=O) groups is 1. The SMILES string of the molecule is O=C(O)CCCCCC[C@H]1COC[C@H]1COC1CCCCC1. The van der Waals surface area contributed by atoms with E-state index >= 15 is 0 Å². The fourth-order valence-electron chi connectivity index (χ4n) is 3.67. The first kappa shape index (κ1) is 17.7. The number of unbranched alkanes of at least 4 members (excludes halogenated alkanes) is 3. The molecular weight excluding hydrogens is 280 g/mol. The van der Waals surface area contributed by atoms with E-state index in [4.69, 9.17) is 14.6 Å². The molecule has 2 fully saturated rings. The summed E-state index contributed by atoms with van der Waals surface area (Å²) in [5, 5.41) is 8.61. The first-order valence-corrected chi connectivity index (χ1v) is 9.17. The molecule has 0 aromatic carbocycles. The Morgan fingerprint density at radius 2 is 1.73 bits per heavy atom. The molecule has 22 heavy (non-hydrogen) atoms. The van der Waals surface area contributed by atoms with Crippen LogP contribution in [0, 0.1) is 11.8 Å². The summed E-state index contributed by atoms with van der Waals surface area (Å²) < 4.78 is 11.8. The van der Waals surface area contributed by atoms with Crippen LogP contribution < -0.4 is 0 Å². The van der Waals surface area contributed by atoms with E-state index in [1.165, 1.54) is 44.9 Å². The number of carboxylic acid groups (broad SMARTS) is 1. The average molecular weight is 312 g/mol. The van der Waals surface area contributed by atoms with Gasteiger partial charge in [-0.25, -0.2) is 0 Å². The molecular formula is C18H32O4. The second-order valence-corrected chi connectivity index (χ2v) is 7.00. The largest absolute Gasteiger partial charge is 0.481 e. The summed E-state index contributed by atoms with van der Waals surface area (Å²) in [7, 11) is 0. The van der Waals surface area contributed by atoms with Gasteiger partial charge in [-0.2, -0.15) is 0 Å². The maximum absolute atomic E-state index is 10.5. The number of hydrogen-bond donors (Lipinski definition) is 1. The van der Waals surface area contributed by atoms with Crippen LogP contribution in [0.15, 0.2) is 0 Å². The van der Waals surface area contributed by atoms with Gasteiger partial charge in [0.25, 0.3) is 0 Å². The molecule has 128 valence electrons. The van der Waals surface area contributed by atoms with E-state index in [1.54, 1.807) is 0 Å². The lowest BCUT2D eigenvalue weighted by Crippen LogP contribution is -2.24. The number of ether oxygens (including phenoxy) is 2. The Morgan fingerprint density at radius 1 is 1.00 bits per heavy atom. The van der Waals surface area contributed by atoms with E-state index in [-0.39, 0.29) is 0 Å². The molecule has 1 saturated carbocycles. The molecule has 1 N–H and O–H groups in total. The van der Waals surface area contributed by atoms with Gasteiger partial charge < -0.3 is 14.6 Å². The first-order valence-electron chi connectivity index (χ1n) is 9.17. The monoisotopic (exact) mass is 312 g/mol. The number of rotatable bonds is 10. The molecule has 0 unspecified atom stereocenters. The van der Waals surface area contributed by atoms with Gasteiger partial charge in [-0.1, -0.05) is 38.5 Å². The molecule has 2 aliphatic rings. The second-order valence-electron chi connectivity index (χ2n) is 7.00. The fourth-order valence-corrected chi connectivity index (χ4v) is 3.67. The number of carboxylic acids is 1. The summed E-state index contributed by atoms with van der Waals surface area (Å²) in [6, 6.07) is 0. The number of aliphatic carboxylic acids is 1. The highest BCUT2D eigenvalue weighted by molar-refractivity contribution is 5.66. The van der Waals surface area contributed by atoms with Crippen LogP contribution in [0.5, 0.6) is 0 Å². The van der Waals surface area contributed by atoms with Crippen LogP contribution in [-0.4, -0.2) is 37.0 Å². The lowest BCUT2D eigenvalue weighted by atomic mass is 9.91. The molecule has 0 radical (unpaired) electrons. The quantitative estimate of drug-likeness (QED) is 0.619. The lowest BCUT2D eigenvalue weighted by Gasteiger charge is -2.25. The zero-order chi connectivity index (χ0) is 15.6. The fraction of sp³-hybridized carbons (Fsp3) is 0.944. The number of hydrogen-bond acceptors (Lipinski definition) is 3. The standard InChI is InChI=1S/C18H32O4/c19-18(20)11-7-2-1-4-8-15-12-21-13-16(15)14-22-17-9-5-3-6-10-17/h15-17H,1-14H2,(H,19,20)/t15-,16-/m0/s1. The average Bonchev–Trinajstić information content (AvgIpc) is 2.97. The zero-order valence-electron chi connectivity index (χ0n) is 13.8. The van der Waals surface area contributed by atoms with Gasteiger partial charge in [0.05, 0.1) is 19.3 Å². The molecule has 0 spiro atoms. The third-order valence-corrected chi connectivity index (χ3v) is 5.14. The minimum atomic E-state index is -0.677. The minimum absolute atomic E-state index is 0.310. The lowest BCUT2D eigenvalue weighted by molar-refractivity contribution is -0.137. The van der Waals surface area contributed by atoms with E-state index in [2.05, 4.69) is 0 Å². The summed E-state index contributed by atoms with van der Waals surface area (Å²) in [5.74, 6) is 0.535. The highest BCUT2D eigenvalue weighted by atomic mass is 16.5. The van der Waals surface area contributed by atoms with Crippen LogP contribution in [0.1, 0.15) is 70.6 Å². The summed E-state index contributed by atoms with van der Waals surface area (Å²) >= 11 is 0. The van der Waals surface area contributed by atoms with Crippen molar-refractivity contribution in [2.45, 2.75) is 76.7 Å². The maximum atomic E-state index is 10.5. The second kappa shape index (κ2) is 10.2. The smallest absolute Gasteiger partial charge is 0.303 e. The molecule has 2 rings (SSSR count). The maximum Gasteiger partial charge on any atom is 0.303 e. The molecule has 1 saturated heterocycles. The van der Waals surface area contributed by atoms with Crippen molar-refractivity contribution >= 4 is 5.97 Å². The molecule has 0 bridgehead atoms. The van der Waals surface area contributed by atoms with Crippen molar-refractivity contribution in [1.82, 2.24) is 0 Å². The molecule has 1 aliphatic heterocycles. The summed E-state index contributed by atoms with van der Waals surface area (Å²) in [6.45, 7) is 2.61. The van der Waals surface area contributed by atoms with Crippen molar-refractivity contribution in [2.24, 2.45) is 11.8 Å². The Hall–Kier alpha value is -0.610. The molecule has 0 aromatic rings. The van der Waals surface area contributed by atoms with E-state index < -0.39 is 5.97 Å². The van der Waals surface area contributed by atoms with Crippen molar-refractivity contribution in [3.63, 3.8) is 0 Å². The van der Waals surface area contributed by atoms with Crippen LogP contribution in [-0.2, 0) is 14.3 Å². The summed E-state index contributed by atoms with van der Waals surface area (Å²) in [4.78, 5) is 10.5. The van der Waals surface area contributed by atoms with Crippen LogP contribution in [0.3, 0.4) is 0 Å². The van der Waals surface area contributed by atoms with E-state index in [0.29, 0.717) is 24.4 Å². The topological polar surface area (TPSA) is 55.8 Å². The van der Waals surface area contributed by atoms with Crippen molar-refractivity contribution < 1.29 is 19.4 Å². The Kier molecular flexibility index (Phi) is 8.24. The van der Waals surface area contributed by atoms with E-state index in [0.717, 1.165) is 39.1 Å². The Morgan fingerprint density at radius 3 is 2.50 bits per heavy atom. The Bertz CT molecular complexity index is 312. The van der Waals surface area contributed by atoms with Gasteiger partial charge in [0.15, 0.2) is 0 Å². The molecule has 1 heterocycles. The van der Waals surface area contributed by atoms with Crippen LogP contribution in [0.25, 0.3) is 0 Å². The van der Waals surface area contributed by atoms with Crippen LogP contribution >= 0.6 is 0 Å². The Labute approximate surface area is 134 Å². The Balaban J connectivity index is 1.54. The van der Waals surface area contributed by atoms with Crippen molar-refractivity contribution in [1.29, 1.82) is 0 Å². The predicted molar refractivity (Wildman–Crippen MR) is 86.0 cm³/mol. The van der Waals surface area contributed by atoms with Crippen LogP contribution in [0.4, 0.5) is 0 Å². The molecule has 0 aromatic heterocycles. The van der Waals surface area contributed by atoms with Crippen molar-refractivity contribution in [3.05, 3.63) is 0 Å². The van der Waals surface area contributed by atoms with E-state index in [1.807, 2.05) is 0 Å². The van der Waals surface area contributed by atoms with Gasteiger partial charge in [-0.3, -0.25) is 4.79 Å². The van der Waals surface area contributed by atoms with E-state index in [9.17, 15) is 4.79 Å². The molecule has 2 atom stereocenters. The zero-order valence-corrected chi connectivity index (χ0v) is 13.8. The normalized spacial score (nSPS) is 26.4. The molecule has 0 amide bonds. The highest BCUT2D eigenvalue weighted by Gasteiger charge is 2.29. The first-order chi connectivity index (χ1) is 10.8.